The Balaban J connectivity index is 1.65. The summed E-state index contributed by atoms with van der Waals surface area (Å²) in [6.07, 6.45) is 1.68. The van der Waals surface area contributed by atoms with Gasteiger partial charge in [0, 0.05) is 23.3 Å². The van der Waals surface area contributed by atoms with Crippen LogP contribution in [0.4, 0.5) is 5.69 Å². The second-order valence-electron chi connectivity index (χ2n) is 7.10. The molecule has 2 amide bonds. The monoisotopic (exact) mass is 432 g/mol. The first-order chi connectivity index (χ1) is 15.0. The van der Waals surface area contributed by atoms with Gasteiger partial charge < -0.3 is 14.8 Å². The highest BCUT2D eigenvalue weighted by Crippen LogP contribution is 2.22. The first kappa shape index (κ1) is 20.6. The molecule has 0 aliphatic carbocycles. The lowest BCUT2D eigenvalue weighted by Crippen LogP contribution is -2.33. The number of carbonyl (C=O) groups is 2. The van der Waals surface area contributed by atoms with Crippen LogP contribution in [0.5, 0.6) is 0 Å². The van der Waals surface area contributed by atoms with Crippen molar-refractivity contribution in [2.75, 3.05) is 11.9 Å². The summed E-state index contributed by atoms with van der Waals surface area (Å²) in [5.74, 6) is -0.278. The third-order valence-corrected chi connectivity index (χ3v) is 5.27. The molecular weight excluding hydrogens is 412 g/mol. The van der Waals surface area contributed by atoms with Gasteiger partial charge in [0.1, 0.15) is 6.54 Å². The van der Waals surface area contributed by atoms with E-state index in [0.29, 0.717) is 22.8 Å². The highest BCUT2D eigenvalue weighted by molar-refractivity contribution is 6.30. The van der Waals surface area contributed by atoms with Crippen LogP contribution in [0.1, 0.15) is 15.9 Å². The standard InChI is InChI=1S/C24H21ClN4O2/c1-26-24(31)18-9-11-20(12-10-18)29(14-17-5-4-6-19(25)13-17)23(30)15-28-16-27-21-7-2-3-8-22(21)28/h2-13,16H,14-15H2,1H3,(H,26,31). The zero-order chi connectivity index (χ0) is 21.8. The van der Waals surface area contributed by atoms with Crippen LogP contribution in [0.25, 0.3) is 11.0 Å². The Kier molecular flexibility index (Phi) is 6.00. The fourth-order valence-electron chi connectivity index (χ4n) is 3.45. The molecule has 0 aliphatic heterocycles. The van der Waals surface area contributed by atoms with Crippen molar-refractivity contribution in [2.45, 2.75) is 13.1 Å². The summed E-state index contributed by atoms with van der Waals surface area (Å²) >= 11 is 6.15. The van der Waals surface area contributed by atoms with Gasteiger partial charge in [0.05, 0.1) is 23.9 Å². The summed E-state index contributed by atoms with van der Waals surface area (Å²) < 4.78 is 1.83. The Morgan fingerprint density at radius 2 is 1.81 bits per heavy atom. The average molecular weight is 433 g/mol. The number of fused-ring (bicyclic) bond motifs is 1. The number of nitrogens with zero attached hydrogens (tertiary/aromatic N) is 3. The summed E-state index contributed by atoms with van der Waals surface area (Å²) in [6, 6.07) is 22.1. The summed E-state index contributed by atoms with van der Waals surface area (Å²) in [5, 5.41) is 3.21. The fraction of sp³-hybridized carbons (Fsp3) is 0.125. The smallest absolute Gasteiger partial charge is 0.251 e. The molecular formula is C24H21ClN4O2. The minimum absolute atomic E-state index is 0.101. The third kappa shape index (κ3) is 4.59. The molecule has 3 aromatic carbocycles. The molecule has 31 heavy (non-hydrogen) atoms. The van der Waals surface area contributed by atoms with Crippen LogP contribution < -0.4 is 10.2 Å². The first-order valence-electron chi connectivity index (χ1n) is 9.82. The Bertz CT molecular complexity index is 1230. The maximum Gasteiger partial charge on any atom is 0.251 e. The van der Waals surface area contributed by atoms with Gasteiger partial charge in [-0.1, -0.05) is 35.9 Å². The van der Waals surface area contributed by atoms with Gasteiger partial charge in [-0.05, 0) is 54.1 Å². The molecule has 1 aromatic heterocycles. The van der Waals surface area contributed by atoms with Crippen molar-refractivity contribution in [3.63, 3.8) is 0 Å². The Morgan fingerprint density at radius 3 is 2.55 bits per heavy atom. The molecule has 7 heteroatoms. The predicted octanol–water partition coefficient (Wildman–Crippen LogP) is 4.28. The normalized spacial score (nSPS) is 10.8. The van der Waals surface area contributed by atoms with Crippen molar-refractivity contribution in [3.8, 4) is 0 Å². The fourth-order valence-corrected chi connectivity index (χ4v) is 3.66. The molecule has 0 radical (unpaired) electrons. The number of nitrogens with one attached hydrogen (secondary N) is 1. The van der Waals surface area contributed by atoms with E-state index in [2.05, 4.69) is 10.3 Å². The summed E-state index contributed by atoms with van der Waals surface area (Å²) in [6.45, 7) is 0.490. The van der Waals surface area contributed by atoms with Gasteiger partial charge in [-0.25, -0.2) is 4.98 Å². The van der Waals surface area contributed by atoms with E-state index in [1.54, 1.807) is 48.6 Å². The van der Waals surface area contributed by atoms with E-state index in [-0.39, 0.29) is 18.4 Å². The Hall–Kier alpha value is -3.64. The molecule has 0 aliphatic rings. The summed E-state index contributed by atoms with van der Waals surface area (Å²) in [4.78, 5) is 31.3. The SMILES string of the molecule is CNC(=O)c1ccc(N(Cc2cccc(Cl)c2)C(=O)Cn2cnc3ccccc32)cc1. The van der Waals surface area contributed by atoms with Gasteiger partial charge in [0.25, 0.3) is 5.91 Å². The summed E-state index contributed by atoms with van der Waals surface area (Å²) in [5.41, 5.74) is 3.87. The van der Waals surface area contributed by atoms with Crippen molar-refractivity contribution in [1.82, 2.24) is 14.9 Å². The van der Waals surface area contributed by atoms with E-state index in [0.717, 1.165) is 16.6 Å². The van der Waals surface area contributed by atoms with E-state index < -0.39 is 0 Å². The van der Waals surface area contributed by atoms with Crippen molar-refractivity contribution in [1.29, 1.82) is 0 Å². The molecule has 0 saturated heterocycles. The Labute approximate surface area is 185 Å². The molecule has 1 heterocycles. The van der Waals surface area contributed by atoms with Crippen LogP contribution >= 0.6 is 11.6 Å². The molecule has 156 valence electrons. The minimum Gasteiger partial charge on any atom is -0.355 e. The topological polar surface area (TPSA) is 67.2 Å². The van der Waals surface area contributed by atoms with Gasteiger partial charge in [-0.3, -0.25) is 9.59 Å². The van der Waals surface area contributed by atoms with Crippen LogP contribution in [0.2, 0.25) is 5.02 Å². The van der Waals surface area contributed by atoms with Gasteiger partial charge in [-0.15, -0.1) is 0 Å². The van der Waals surface area contributed by atoms with E-state index in [1.165, 1.54) is 0 Å². The van der Waals surface area contributed by atoms with Gasteiger partial charge in [-0.2, -0.15) is 0 Å². The lowest BCUT2D eigenvalue weighted by Gasteiger charge is -2.24. The number of benzene rings is 3. The van der Waals surface area contributed by atoms with Gasteiger partial charge >= 0.3 is 0 Å². The molecule has 1 N–H and O–H groups in total. The van der Waals surface area contributed by atoms with Crippen LogP contribution in [-0.2, 0) is 17.9 Å². The maximum atomic E-state index is 13.4. The lowest BCUT2D eigenvalue weighted by atomic mass is 10.1. The number of halogens is 1. The van der Waals surface area contributed by atoms with Gasteiger partial charge in [0.2, 0.25) is 5.91 Å². The number of carbonyl (C=O) groups excluding carboxylic acids is 2. The first-order valence-corrected chi connectivity index (χ1v) is 10.2. The molecule has 0 saturated carbocycles. The number of anilines is 1. The van der Waals surface area contributed by atoms with Crippen molar-refractivity contribution in [2.24, 2.45) is 0 Å². The molecule has 6 nitrogen and oxygen atoms in total. The van der Waals surface area contributed by atoms with E-state index in [4.69, 9.17) is 11.6 Å². The largest absolute Gasteiger partial charge is 0.355 e. The van der Waals surface area contributed by atoms with E-state index in [1.807, 2.05) is 47.0 Å². The number of amides is 2. The molecule has 4 aromatic rings. The molecule has 0 bridgehead atoms. The second-order valence-corrected chi connectivity index (χ2v) is 7.53. The number of rotatable bonds is 6. The molecule has 0 atom stereocenters. The zero-order valence-electron chi connectivity index (χ0n) is 17.0. The van der Waals surface area contributed by atoms with Crippen LogP contribution in [0, 0.1) is 0 Å². The highest BCUT2D eigenvalue weighted by Gasteiger charge is 2.18. The lowest BCUT2D eigenvalue weighted by molar-refractivity contribution is -0.119. The molecule has 0 fully saturated rings. The highest BCUT2D eigenvalue weighted by atomic mass is 35.5. The molecule has 4 rings (SSSR count). The van der Waals surface area contributed by atoms with E-state index in [9.17, 15) is 9.59 Å². The molecule has 0 spiro atoms. The van der Waals surface area contributed by atoms with Crippen molar-refractivity contribution >= 4 is 40.1 Å². The molecule has 0 unspecified atom stereocenters. The average Bonchev–Trinajstić information content (AvgIpc) is 3.20. The number of imidazole rings is 1. The van der Waals surface area contributed by atoms with Crippen LogP contribution in [0.15, 0.2) is 79.1 Å². The van der Waals surface area contributed by atoms with Crippen molar-refractivity contribution in [3.05, 3.63) is 95.3 Å². The Morgan fingerprint density at radius 1 is 1.03 bits per heavy atom. The second kappa shape index (κ2) is 9.02. The quantitative estimate of drug-likeness (QED) is 0.494. The number of hydrogen-bond donors (Lipinski definition) is 1. The third-order valence-electron chi connectivity index (χ3n) is 5.03. The van der Waals surface area contributed by atoms with Gasteiger partial charge in [0.15, 0.2) is 0 Å². The zero-order valence-corrected chi connectivity index (χ0v) is 17.7. The summed E-state index contributed by atoms with van der Waals surface area (Å²) in [7, 11) is 1.58. The van der Waals surface area contributed by atoms with Crippen molar-refractivity contribution < 1.29 is 9.59 Å². The minimum atomic E-state index is -0.177. The van der Waals surface area contributed by atoms with Crippen LogP contribution in [-0.4, -0.2) is 28.4 Å². The number of para-hydroxylation sites is 2. The number of hydrogen-bond acceptors (Lipinski definition) is 3. The van der Waals surface area contributed by atoms with Crippen LogP contribution in [0.3, 0.4) is 0 Å². The van der Waals surface area contributed by atoms with E-state index >= 15 is 0 Å². The number of aromatic nitrogens is 2. The predicted molar refractivity (Wildman–Crippen MR) is 122 cm³/mol. The maximum absolute atomic E-state index is 13.4.